The van der Waals surface area contributed by atoms with Gasteiger partial charge in [-0.25, -0.2) is 8.78 Å². The van der Waals surface area contributed by atoms with Crippen LogP contribution in [0, 0.1) is 5.92 Å². The molecule has 0 heterocycles. The molecule has 0 amide bonds. The second-order valence-corrected chi connectivity index (χ2v) is 5.58. The molecule has 2 nitrogen and oxygen atoms in total. The van der Waals surface area contributed by atoms with Gasteiger partial charge in [0.05, 0.1) is 12.7 Å². The Hall–Kier alpha value is -1.16. The number of halogens is 2. The van der Waals surface area contributed by atoms with E-state index in [1.165, 1.54) is 0 Å². The lowest BCUT2D eigenvalue weighted by molar-refractivity contribution is -0.0809. The van der Waals surface area contributed by atoms with Crippen molar-refractivity contribution in [2.75, 3.05) is 7.11 Å². The summed E-state index contributed by atoms with van der Waals surface area (Å²) >= 11 is 0. The zero-order valence-electron chi connectivity index (χ0n) is 11.8. The van der Waals surface area contributed by atoms with Crippen molar-refractivity contribution >= 4 is 0 Å². The fourth-order valence-electron chi connectivity index (χ4n) is 3.22. The number of methoxy groups -OCH3 is 1. The third-order valence-electron chi connectivity index (χ3n) is 4.34. The zero-order valence-corrected chi connectivity index (χ0v) is 11.8. The Morgan fingerprint density at radius 1 is 1.20 bits per heavy atom. The molecule has 0 saturated heterocycles. The van der Waals surface area contributed by atoms with Crippen LogP contribution in [0.4, 0.5) is 8.78 Å². The first-order valence-corrected chi connectivity index (χ1v) is 7.21. The number of aliphatic hydroxyl groups is 1. The highest BCUT2D eigenvalue weighted by molar-refractivity contribution is 5.31. The molecule has 1 aliphatic carbocycles. The summed E-state index contributed by atoms with van der Waals surface area (Å²) in [6.45, 7) is 0. The monoisotopic (exact) mass is 284 g/mol. The molecular formula is C16H22F2O2. The number of alkyl halides is 2. The van der Waals surface area contributed by atoms with Gasteiger partial charge in [0, 0.05) is 6.42 Å². The number of hydrogen-bond donors (Lipinski definition) is 1. The first-order valence-electron chi connectivity index (χ1n) is 7.21. The predicted molar refractivity (Wildman–Crippen MR) is 74.1 cm³/mol. The molecule has 1 aliphatic rings. The second kappa shape index (κ2) is 6.53. The van der Waals surface area contributed by atoms with E-state index in [0.717, 1.165) is 32.1 Å². The van der Waals surface area contributed by atoms with Crippen LogP contribution in [0.5, 0.6) is 5.75 Å². The summed E-state index contributed by atoms with van der Waals surface area (Å²) in [5.74, 6) is 0.579. The first kappa shape index (κ1) is 15.2. The Balaban J connectivity index is 2.28. The predicted octanol–water partition coefficient (Wildman–Crippen LogP) is 4.12. The SMILES string of the molecule is COc1ccc(C(O)(CC(F)F)C2CCCCC2)cc1. The molecule has 0 bridgehead atoms. The van der Waals surface area contributed by atoms with E-state index in [1.807, 2.05) is 0 Å². The van der Waals surface area contributed by atoms with Gasteiger partial charge in [0.25, 0.3) is 0 Å². The number of hydrogen-bond acceptors (Lipinski definition) is 2. The molecule has 0 radical (unpaired) electrons. The van der Waals surface area contributed by atoms with E-state index in [0.29, 0.717) is 11.3 Å². The van der Waals surface area contributed by atoms with Crippen LogP contribution in [0.2, 0.25) is 0 Å². The molecule has 4 heteroatoms. The molecule has 0 aromatic heterocycles. The van der Waals surface area contributed by atoms with Crippen molar-refractivity contribution in [1.29, 1.82) is 0 Å². The van der Waals surface area contributed by atoms with Gasteiger partial charge in [0.1, 0.15) is 5.75 Å². The standard InChI is InChI=1S/C16H22F2O2/c1-20-14-9-7-13(8-10-14)16(19,11-15(17)18)12-5-3-2-4-6-12/h7-10,12,15,19H,2-6,11H2,1H3. The summed E-state index contributed by atoms with van der Waals surface area (Å²) in [6, 6.07) is 6.84. The van der Waals surface area contributed by atoms with Crippen molar-refractivity contribution in [3.8, 4) is 5.75 Å². The molecular weight excluding hydrogens is 262 g/mol. The maximum Gasteiger partial charge on any atom is 0.241 e. The molecule has 112 valence electrons. The van der Waals surface area contributed by atoms with E-state index >= 15 is 0 Å². The molecule has 1 aromatic rings. The van der Waals surface area contributed by atoms with Gasteiger partial charge in [-0.3, -0.25) is 0 Å². The molecule has 0 aliphatic heterocycles. The van der Waals surface area contributed by atoms with E-state index in [-0.39, 0.29) is 5.92 Å². The summed E-state index contributed by atoms with van der Waals surface area (Å²) in [5.41, 5.74) is -0.855. The fourth-order valence-corrected chi connectivity index (χ4v) is 3.22. The van der Waals surface area contributed by atoms with E-state index in [4.69, 9.17) is 4.74 Å². The number of benzene rings is 1. The maximum atomic E-state index is 12.9. The molecule has 1 saturated carbocycles. The molecule has 1 unspecified atom stereocenters. The van der Waals surface area contributed by atoms with Gasteiger partial charge in [0.2, 0.25) is 6.43 Å². The van der Waals surface area contributed by atoms with Crippen LogP contribution in [0.15, 0.2) is 24.3 Å². The largest absolute Gasteiger partial charge is 0.497 e. The van der Waals surface area contributed by atoms with Crippen LogP contribution >= 0.6 is 0 Å². The quantitative estimate of drug-likeness (QED) is 0.881. The first-order chi connectivity index (χ1) is 9.56. The van der Waals surface area contributed by atoms with Crippen molar-refractivity contribution in [2.24, 2.45) is 5.92 Å². The van der Waals surface area contributed by atoms with Gasteiger partial charge >= 0.3 is 0 Å². The molecule has 20 heavy (non-hydrogen) atoms. The fraction of sp³-hybridized carbons (Fsp3) is 0.625. The Morgan fingerprint density at radius 3 is 2.30 bits per heavy atom. The molecule has 1 fully saturated rings. The van der Waals surface area contributed by atoms with Crippen LogP contribution in [-0.4, -0.2) is 18.6 Å². The van der Waals surface area contributed by atoms with Crippen molar-refractivity contribution in [2.45, 2.75) is 50.6 Å². The average molecular weight is 284 g/mol. The van der Waals surface area contributed by atoms with Gasteiger partial charge in [-0.15, -0.1) is 0 Å². The van der Waals surface area contributed by atoms with Crippen molar-refractivity contribution < 1.29 is 18.6 Å². The van der Waals surface area contributed by atoms with Crippen molar-refractivity contribution in [1.82, 2.24) is 0 Å². The van der Waals surface area contributed by atoms with Gasteiger partial charge in [-0.2, -0.15) is 0 Å². The molecule has 1 aromatic carbocycles. The summed E-state index contributed by atoms with van der Waals surface area (Å²) in [6.07, 6.45) is 1.76. The lowest BCUT2D eigenvalue weighted by Crippen LogP contribution is -2.38. The Bertz CT molecular complexity index is 413. The lowest BCUT2D eigenvalue weighted by Gasteiger charge is -2.39. The Morgan fingerprint density at radius 2 is 1.80 bits per heavy atom. The normalized spacial score (nSPS) is 19.9. The minimum Gasteiger partial charge on any atom is -0.497 e. The van der Waals surface area contributed by atoms with Crippen molar-refractivity contribution in [3.63, 3.8) is 0 Å². The Labute approximate surface area is 118 Å². The van der Waals surface area contributed by atoms with Crippen molar-refractivity contribution in [3.05, 3.63) is 29.8 Å². The third-order valence-corrected chi connectivity index (χ3v) is 4.34. The van der Waals surface area contributed by atoms with Crippen LogP contribution < -0.4 is 4.74 Å². The minimum absolute atomic E-state index is 0.0846. The topological polar surface area (TPSA) is 29.5 Å². The zero-order chi connectivity index (χ0) is 14.6. The summed E-state index contributed by atoms with van der Waals surface area (Å²) in [7, 11) is 1.56. The highest BCUT2D eigenvalue weighted by Gasteiger charge is 2.41. The minimum atomic E-state index is -2.51. The average Bonchev–Trinajstić information content (AvgIpc) is 2.47. The van der Waals surface area contributed by atoms with E-state index in [9.17, 15) is 13.9 Å². The molecule has 0 spiro atoms. The summed E-state index contributed by atoms with van der Waals surface area (Å²) in [5, 5.41) is 10.9. The van der Waals surface area contributed by atoms with Gasteiger partial charge in [0.15, 0.2) is 0 Å². The Kier molecular flexibility index (Phi) is 4.97. The number of rotatable bonds is 5. The van der Waals surface area contributed by atoms with Gasteiger partial charge in [-0.1, -0.05) is 31.4 Å². The van der Waals surface area contributed by atoms with Crippen LogP contribution in [0.3, 0.4) is 0 Å². The van der Waals surface area contributed by atoms with Crippen LogP contribution in [-0.2, 0) is 5.60 Å². The van der Waals surface area contributed by atoms with Gasteiger partial charge in [-0.05, 0) is 36.5 Å². The molecule has 1 atom stereocenters. The molecule has 1 N–H and O–H groups in total. The number of ether oxygens (including phenoxy) is 1. The van der Waals surface area contributed by atoms with E-state index in [2.05, 4.69) is 0 Å². The maximum absolute atomic E-state index is 12.9. The summed E-state index contributed by atoms with van der Waals surface area (Å²) < 4.78 is 30.9. The third kappa shape index (κ3) is 3.29. The molecule has 2 rings (SSSR count). The highest BCUT2D eigenvalue weighted by atomic mass is 19.3. The van der Waals surface area contributed by atoms with Crippen LogP contribution in [0.1, 0.15) is 44.1 Å². The van der Waals surface area contributed by atoms with Crippen LogP contribution in [0.25, 0.3) is 0 Å². The lowest BCUT2D eigenvalue weighted by atomic mass is 9.72. The smallest absolute Gasteiger partial charge is 0.241 e. The second-order valence-electron chi connectivity index (χ2n) is 5.58. The summed E-state index contributed by atoms with van der Waals surface area (Å²) in [4.78, 5) is 0. The van der Waals surface area contributed by atoms with E-state index < -0.39 is 18.4 Å². The highest BCUT2D eigenvalue weighted by Crippen LogP contribution is 2.43. The van der Waals surface area contributed by atoms with Gasteiger partial charge < -0.3 is 9.84 Å². The van der Waals surface area contributed by atoms with E-state index in [1.54, 1.807) is 31.4 Å².